The average Bonchev–Trinajstić information content (AvgIpc) is 1.86. The fraction of sp³-hybridized carbons (Fsp3) is 0.750. The number of Topliss-reactive ketones (excluding diaryl/α,β-unsaturated/α-hetero) is 1. The van der Waals surface area contributed by atoms with Crippen molar-refractivity contribution in [3.8, 4) is 0 Å². The molecule has 0 saturated carbocycles. The monoisotopic (exact) mass is 157 g/mol. The summed E-state index contributed by atoms with van der Waals surface area (Å²) in [4.78, 5) is 20.9. The lowest BCUT2D eigenvalue weighted by Crippen LogP contribution is -2.35. The van der Waals surface area contributed by atoms with Gasteiger partial charge in [-0.3, -0.25) is 9.59 Å². The molecule has 0 aliphatic carbocycles. The van der Waals surface area contributed by atoms with Crippen LogP contribution in [-0.4, -0.2) is 18.2 Å². The zero-order chi connectivity index (χ0) is 8.85. The molecule has 0 bridgehead atoms. The fourth-order valence-electron chi connectivity index (χ4n) is 0.905. The van der Waals surface area contributed by atoms with Gasteiger partial charge in [-0.25, -0.2) is 0 Å². The molecule has 0 unspecified atom stereocenters. The molecule has 11 heavy (non-hydrogen) atoms. The third-order valence-corrected chi connectivity index (χ3v) is 1.47. The van der Waals surface area contributed by atoms with Crippen molar-refractivity contribution in [2.24, 2.45) is 5.92 Å². The molecule has 0 saturated heterocycles. The smallest absolute Gasteiger partial charge is 0.207 e. The Balaban J connectivity index is 3.88. The molecule has 3 heteroatoms. The highest BCUT2D eigenvalue weighted by atomic mass is 16.1. The third-order valence-electron chi connectivity index (χ3n) is 1.47. The van der Waals surface area contributed by atoms with E-state index < -0.39 is 0 Å². The van der Waals surface area contributed by atoms with Gasteiger partial charge in [0, 0.05) is 0 Å². The van der Waals surface area contributed by atoms with Gasteiger partial charge >= 0.3 is 0 Å². The molecule has 0 fully saturated rings. The van der Waals surface area contributed by atoms with E-state index in [1.54, 1.807) is 0 Å². The van der Waals surface area contributed by atoms with Gasteiger partial charge in [0.25, 0.3) is 0 Å². The molecule has 0 rings (SSSR count). The summed E-state index contributed by atoms with van der Waals surface area (Å²) in [5.74, 6) is 0.446. The number of amides is 1. The summed E-state index contributed by atoms with van der Waals surface area (Å²) in [6.07, 6.45) is 1.29. The quantitative estimate of drug-likeness (QED) is 0.598. The largest absolute Gasteiger partial charge is 0.349 e. The van der Waals surface area contributed by atoms with E-state index in [4.69, 9.17) is 0 Å². The molecule has 3 nitrogen and oxygen atoms in total. The van der Waals surface area contributed by atoms with Crippen molar-refractivity contribution in [2.75, 3.05) is 0 Å². The van der Waals surface area contributed by atoms with E-state index in [0.717, 1.165) is 0 Å². The summed E-state index contributed by atoms with van der Waals surface area (Å²) in [6, 6.07) is -0.299. The number of carbonyl (C=O) groups is 2. The summed E-state index contributed by atoms with van der Waals surface area (Å²) in [7, 11) is 0. The first-order valence-electron chi connectivity index (χ1n) is 3.78. The van der Waals surface area contributed by atoms with Crippen LogP contribution < -0.4 is 5.32 Å². The zero-order valence-electron chi connectivity index (χ0n) is 7.26. The Kier molecular flexibility index (Phi) is 4.50. The standard InChI is InChI=1S/C8H15NO2/c1-6(2)4-8(7(3)11)9-5-10/h5-6,8H,4H2,1-3H3,(H,9,10)/t8-/m0/s1. The molecule has 1 N–H and O–H groups in total. The van der Waals surface area contributed by atoms with Gasteiger partial charge < -0.3 is 5.32 Å². The van der Waals surface area contributed by atoms with Gasteiger partial charge in [0.2, 0.25) is 6.41 Å². The van der Waals surface area contributed by atoms with Crippen molar-refractivity contribution in [3.05, 3.63) is 0 Å². The molecular weight excluding hydrogens is 142 g/mol. The minimum atomic E-state index is -0.299. The minimum Gasteiger partial charge on any atom is -0.349 e. The van der Waals surface area contributed by atoms with Crippen molar-refractivity contribution in [1.82, 2.24) is 5.32 Å². The van der Waals surface area contributed by atoms with Crippen molar-refractivity contribution >= 4 is 12.2 Å². The first kappa shape index (κ1) is 10.1. The third kappa shape index (κ3) is 4.53. The second-order valence-electron chi connectivity index (χ2n) is 3.08. The lowest BCUT2D eigenvalue weighted by molar-refractivity contribution is -0.122. The Morgan fingerprint density at radius 1 is 1.55 bits per heavy atom. The number of rotatable bonds is 5. The molecule has 64 valence electrons. The summed E-state index contributed by atoms with van der Waals surface area (Å²) in [5, 5.41) is 2.48. The first-order valence-corrected chi connectivity index (χ1v) is 3.78. The van der Waals surface area contributed by atoms with E-state index in [2.05, 4.69) is 5.32 Å². The summed E-state index contributed by atoms with van der Waals surface area (Å²) in [6.45, 7) is 5.52. The predicted octanol–water partition coefficient (Wildman–Crippen LogP) is 0.736. The first-order chi connectivity index (χ1) is 5.07. The Bertz CT molecular complexity index is 143. The van der Waals surface area contributed by atoms with Crippen molar-refractivity contribution in [1.29, 1.82) is 0 Å². The van der Waals surface area contributed by atoms with E-state index in [1.165, 1.54) is 6.92 Å². The number of hydrogen-bond donors (Lipinski definition) is 1. The number of carbonyl (C=O) groups excluding carboxylic acids is 2. The van der Waals surface area contributed by atoms with Gasteiger partial charge in [-0.05, 0) is 19.3 Å². The normalized spacial score (nSPS) is 12.7. The average molecular weight is 157 g/mol. The molecule has 0 aromatic carbocycles. The van der Waals surface area contributed by atoms with Crippen LogP contribution in [0.2, 0.25) is 0 Å². The number of nitrogens with one attached hydrogen (secondary N) is 1. The van der Waals surface area contributed by atoms with Gasteiger partial charge in [-0.2, -0.15) is 0 Å². The van der Waals surface area contributed by atoms with Crippen LogP contribution >= 0.6 is 0 Å². The van der Waals surface area contributed by atoms with Gasteiger partial charge in [-0.15, -0.1) is 0 Å². The van der Waals surface area contributed by atoms with Crippen molar-refractivity contribution in [3.63, 3.8) is 0 Å². The van der Waals surface area contributed by atoms with Crippen LogP contribution in [0, 0.1) is 5.92 Å². The van der Waals surface area contributed by atoms with Crippen molar-refractivity contribution < 1.29 is 9.59 Å². The van der Waals surface area contributed by atoms with E-state index in [1.807, 2.05) is 13.8 Å². The lowest BCUT2D eigenvalue weighted by Gasteiger charge is -2.14. The number of hydrogen-bond acceptors (Lipinski definition) is 2. The van der Waals surface area contributed by atoms with Crippen LogP contribution in [0.25, 0.3) is 0 Å². The van der Waals surface area contributed by atoms with E-state index in [9.17, 15) is 9.59 Å². The van der Waals surface area contributed by atoms with Crippen LogP contribution in [0.4, 0.5) is 0 Å². The lowest BCUT2D eigenvalue weighted by atomic mass is 10.0. The van der Waals surface area contributed by atoms with Crippen LogP contribution in [0.15, 0.2) is 0 Å². The summed E-state index contributed by atoms with van der Waals surface area (Å²) < 4.78 is 0. The molecule has 0 heterocycles. The van der Waals surface area contributed by atoms with Gasteiger partial charge in [0.1, 0.15) is 0 Å². The molecule has 0 aliphatic heterocycles. The highest BCUT2D eigenvalue weighted by Gasteiger charge is 2.13. The summed E-state index contributed by atoms with van der Waals surface area (Å²) in [5.41, 5.74) is 0. The van der Waals surface area contributed by atoms with Gasteiger partial charge in [0.05, 0.1) is 6.04 Å². The minimum absolute atomic E-state index is 0.0193. The maximum Gasteiger partial charge on any atom is 0.207 e. The maximum atomic E-state index is 10.8. The highest BCUT2D eigenvalue weighted by Crippen LogP contribution is 2.04. The Morgan fingerprint density at radius 3 is 2.36 bits per heavy atom. The molecule has 0 radical (unpaired) electrons. The Hall–Kier alpha value is -0.860. The van der Waals surface area contributed by atoms with Crippen LogP contribution in [-0.2, 0) is 9.59 Å². The number of ketones is 1. The van der Waals surface area contributed by atoms with Crippen LogP contribution in [0.1, 0.15) is 27.2 Å². The van der Waals surface area contributed by atoms with Gasteiger partial charge in [-0.1, -0.05) is 13.8 Å². The zero-order valence-corrected chi connectivity index (χ0v) is 7.26. The van der Waals surface area contributed by atoms with Crippen LogP contribution in [0.5, 0.6) is 0 Å². The maximum absolute atomic E-state index is 10.8. The van der Waals surface area contributed by atoms with E-state index in [0.29, 0.717) is 18.7 Å². The second kappa shape index (κ2) is 4.88. The Morgan fingerprint density at radius 2 is 2.09 bits per heavy atom. The predicted molar refractivity (Wildman–Crippen MR) is 43.1 cm³/mol. The topological polar surface area (TPSA) is 46.2 Å². The second-order valence-corrected chi connectivity index (χ2v) is 3.08. The summed E-state index contributed by atoms with van der Waals surface area (Å²) >= 11 is 0. The molecule has 0 aliphatic rings. The molecule has 1 atom stereocenters. The van der Waals surface area contributed by atoms with E-state index >= 15 is 0 Å². The highest BCUT2D eigenvalue weighted by molar-refractivity contribution is 5.83. The Labute approximate surface area is 67.2 Å². The van der Waals surface area contributed by atoms with Crippen molar-refractivity contribution in [2.45, 2.75) is 33.2 Å². The van der Waals surface area contributed by atoms with Crippen LogP contribution in [0.3, 0.4) is 0 Å². The van der Waals surface area contributed by atoms with Gasteiger partial charge in [0.15, 0.2) is 5.78 Å². The molecular formula is C8H15NO2. The van der Waals surface area contributed by atoms with E-state index in [-0.39, 0.29) is 11.8 Å². The molecule has 0 aromatic rings. The molecule has 0 aromatic heterocycles. The molecule has 1 amide bonds. The SMILES string of the molecule is CC(=O)[C@H](CC(C)C)NC=O. The molecule has 0 spiro atoms. The fourth-order valence-corrected chi connectivity index (χ4v) is 0.905.